The minimum atomic E-state index is -0.155. The van der Waals surface area contributed by atoms with Crippen LogP contribution in [0.2, 0.25) is 0 Å². The molecule has 3 heteroatoms. The Balaban J connectivity index is 2.36. The number of hydrogen-bond acceptors (Lipinski definition) is 2. The summed E-state index contributed by atoms with van der Waals surface area (Å²) >= 11 is 0. The second kappa shape index (κ2) is 2.27. The molecule has 0 radical (unpaired) electrons. The van der Waals surface area contributed by atoms with Crippen LogP contribution >= 0.6 is 9.47 Å². The summed E-state index contributed by atoms with van der Waals surface area (Å²) < 4.78 is 4.38. The Morgan fingerprint density at radius 2 is 2.50 bits per heavy atom. The topological polar surface area (TPSA) is 26.3 Å². The van der Waals surface area contributed by atoms with Gasteiger partial charge in [-0.15, -0.1) is 0 Å². The first-order valence-corrected chi connectivity index (χ1v) is 2.89. The van der Waals surface area contributed by atoms with Gasteiger partial charge in [0.15, 0.2) is 0 Å². The Morgan fingerprint density at radius 1 is 1.88 bits per heavy atom. The molecule has 8 heavy (non-hydrogen) atoms. The number of rotatable bonds is 1. The molecule has 0 fully saturated rings. The maximum Gasteiger partial charge on any atom is 0.315 e. The highest BCUT2D eigenvalue weighted by Crippen LogP contribution is 2.18. The second-order valence-corrected chi connectivity index (χ2v) is 1.94. The second-order valence-electron chi connectivity index (χ2n) is 1.71. The number of hydrogen-bond donors (Lipinski definition) is 0. The van der Waals surface area contributed by atoms with E-state index in [4.69, 9.17) is 0 Å². The lowest BCUT2D eigenvalue weighted by atomic mass is 9.96. The van der Waals surface area contributed by atoms with E-state index < -0.39 is 0 Å². The molecular weight excluding hydrogens is 123 g/mol. The van der Waals surface area contributed by atoms with Crippen LogP contribution < -0.4 is 0 Å². The van der Waals surface area contributed by atoms with Gasteiger partial charge in [0.1, 0.15) is 0 Å². The minimum absolute atomic E-state index is 0.0347. The summed E-state index contributed by atoms with van der Waals surface area (Å²) in [4.78, 5) is 10.5. The zero-order valence-electron chi connectivity index (χ0n) is 4.33. The van der Waals surface area contributed by atoms with E-state index in [2.05, 4.69) is 4.52 Å². The van der Waals surface area contributed by atoms with Crippen LogP contribution in [0, 0.1) is 5.92 Å². The van der Waals surface area contributed by atoms with E-state index in [9.17, 15) is 4.79 Å². The average molecular weight is 130 g/mol. The predicted octanol–water partition coefficient (Wildman–Crippen LogP) is 0.896. The van der Waals surface area contributed by atoms with Gasteiger partial charge in [-0.25, -0.2) is 0 Å². The van der Waals surface area contributed by atoms with Crippen LogP contribution in [0.1, 0.15) is 6.42 Å². The first kappa shape index (κ1) is 5.77. The molecule has 2 unspecified atom stereocenters. The van der Waals surface area contributed by atoms with Crippen molar-refractivity contribution in [3.8, 4) is 0 Å². The van der Waals surface area contributed by atoms with Gasteiger partial charge in [0.2, 0.25) is 0 Å². The van der Waals surface area contributed by atoms with Gasteiger partial charge in [-0.1, -0.05) is 12.2 Å². The molecule has 0 spiro atoms. The maximum atomic E-state index is 10.5. The maximum absolute atomic E-state index is 10.5. The Hall–Kier alpha value is -0.360. The van der Waals surface area contributed by atoms with Crippen LogP contribution in [0.15, 0.2) is 12.2 Å². The van der Waals surface area contributed by atoms with Crippen molar-refractivity contribution in [2.75, 3.05) is 0 Å². The molecule has 2 nitrogen and oxygen atoms in total. The van der Waals surface area contributed by atoms with E-state index in [1.807, 2.05) is 21.6 Å². The molecule has 1 rings (SSSR count). The third-order valence-corrected chi connectivity index (χ3v) is 1.41. The van der Waals surface area contributed by atoms with Crippen molar-refractivity contribution in [3.05, 3.63) is 12.2 Å². The van der Waals surface area contributed by atoms with Gasteiger partial charge in [-0.3, -0.25) is 4.79 Å². The van der Waals surface area contributed by atoms with E-state index in [0.717, 1.165) is 6.42 Å². The third-order valence-electron chi connectivity index (χ3n) is 1.18. The Kier molecular flexibility index (Phi) is 1.64. The molecule has 0 aromatic heterocycles. The van der Waals surface area contributed by atoms with Crippen molar-refractivity contribution in [1.29, 1.82) is 0 Å². The highest BCUT2D eigenvalue weighted by atomic mass is 31.0. The summed E-state index contributed by atoms with van der Waals surface area (Å²) in [6.07, 6.45) is 4.63. The van der Waals surface area contributed by atoms with Crippen molar-refractivity contribution in [2.24, 2.45) is 5.92 Å². The molecule has 0 N–H and O–H groups in total. The van der Waals surface area contributed by atoms with Crippen LogP contribution in [0.3, 0.4) is 0 Å². The normalized spacial score (nSPS) is 24.4. The zero-order valence-corrected chi connectivity index (χ0v) is 5.49. The van der Waals surface area contributed by atoms with Gasteiger partial charge < -0.3 is 4.52 Å². The molecule has 0 saturated heterocycles. The lowest BCUT2D eigenvalue weighted by molar-refractivity contribution is -0.136. The number of carbonyl (C=O) groups is 1. The fourth-order valence-electron chi connectivity index (χ4n) is 0.534. The smallest absolute Gasteiger partial charge is 0.315 e. The summed E-state index contributed by atoms with van der Waals surface area (Å²) in [5, 5.41) is 0. The summed E-state index contributed by atoms with van der Waals surface area (Å²) in [5.41, 5.74) is 0. The molecule has 44 valence electrons. The fraction of sp³-hybridized carbons (Fsp3) is 0.400. The molecule has 0 aromatic carbocycles. The van der Waals surface area contributed by atoms with E-state index in [1.54, 1.807) is 0 Å². The quantitative estimate of drug-likeness (QED) is 0.389. The van der Waals surface area contributed by atoms with Gasteiger partial charge in [0, 0.05) is 0 Å². The summed E-state index contributed by atoms with van der Waals surface area (Å²) in [6, 6.07) is 0. The first-order chi connectivity index (χ1) is 3.84. The molecule has 0 heterocycles. The lowest BCUT2D eigenvalue weighted by Gasteiger charge is -2.13. The molecule has 0 aromatic rings. The van der Waals surface area contributed by atoms with Gasteiger partial charge in [0.05, 0.1) is 15.4 Å². The average Bonchev–Trinajstić information content (AvgIpc) is 1.62. The van der Waals surface area contributed by atoms with Crippen molar-refractivity contribution in [3.63, 3.8) is 0 Å². The number of carbonyl (C=O) groups excluding carboxylic acids is 1. The predicted molar refractivity (Wildman–Crippen MR) is 33.0 cm³/mol. The van der Waals surface area contributed by atoms with E-state index in [0.29, 0.717) is 0 Å². The van der Waals surface area contributed by atoms with Crippen molar-refractivity contribution in [2.45, 2.75) is 6.42 Å². The summed E-state index contributed by atoms with van der Waals surface area (Å²) in [7, 11) is 1.94. The molecule has 0 amide bonds. The minimum Gasteiger partial charge on any atom is -0.451 e. The van der Waals surface area contributed by atoms with Crippen LogP contribution in [0.4, 0.5) is 0 Å². The van der Waals surface area contributed by atoms with Crippen LogP contribution in [0.5, 0.6) is 0 Å². The van der Waals surface area contributed by atoms with Crippen LogP contribution in [-0.4, -0.2) is 5.97 Å². The number of allylic oxidation sites excluding steroid dienone is 1. The van der Waals surface area contributed by atoms with Crippen LogP contribution in [0.25, 0.3) is 0 Å². The molecule has 0 saturated carbocycles. The van der Waals surface area contributed by atoms with Gasteiger partial charge in [0.25, 0.3) is 0 Å². The van der Waals surface area contributed by atoms with Crippen molar-refractivity contribution >= 4 is 15.4 Å². The molecular formula is C5H7O2P. The summed E-state index contributed by atoms with van der Waals surface area (Å²) in [5.74, 6) is -0.120. The molecule has 2 atom stereocenters. The molecule has 0 aliphatic heterocycles. The van der Waals surface area contributed by atoms with E-state index >= 15 is 0 Å². The van der Waals surface area contributed by atoms with E-state index in [-0.39, 0.29) is 11.9 Å². The largest absolute Gasteiger partial charge is 0.451 e. The highest BCUT2D eigenvalue weighted by molar-refractivity contribution is 7.10. The lowest BCUT2D eigenvalue weighted by Crippen LogP contribution is -2.15. The SMILES string of the molecule is O=C(OP)C1C=CC1. The monoisotopic (exact) mass is 130 g/mol. The Morgan fingerprint density at radius 3 is 2.62 bits per heavy atom. The first-order valence-electron chi connectivity index (χ1n) is 2.42. The highest BCUT2D eigenvalue weighted by Gasteiger charge is 2.18. The van der Waals surface area contributed by atoms with Crippen molar-refractivity contribution in [1.82, 2.24) is 0 Å². The molecule has 1 aliphatic rings. The van der Waals surface area contributed by atoms with Gasteiger partial charge >= 0.3 is 5.97 Å². The third kappa shape index (κ3) is 0.896. The van der Waals surface area contributed by atoms with Gasteiger partial charge in [-0.05, 0) is 6.42 Å². The Bertz CT molecular complexity index is 130. The van der Waals surface area contributed by atoms with Crippen LogP contribution in [-0.2, 0) is 9.32 Å². The Labute approximate surface area is 50.2 Å². The zero-order chi connectivity index (χ0) is 5.98. The molecule has 0 bridgehead atoms. The summed E-state index contributed by atoms with van der Waals surface area (Å²) in [6.45, 7) is 0. The van der Waals surface area contributed by atoms with Gasteiger partial charge in [-0.2, -0.15) is 0 Å². The van der Waals surface area contributed by atoms with Crippen molar-refractivity contribution < 1.29 is 9.32 Å². The molecule has 1 aliphatic carbocycles. The fourth-order valence-corrected chi connectivity index (χ4v) is 0.709. The van der Waals surface area contributed by atoms with E-state index in [1.165, 1.54) is 0 Å². The standard InChI is InChI=1S/C5H7O2P/c6-5(7-8)4-2-1-3-4/h1-2,4H,3,8H2.